The average Bonchev–Trinajstić information content (AvgIpc) is 2.68. The Kier molecular flexibility index (Phi) is 5.30. The van der Waals surface area contributed by atoms with Crippen LogP contribution in [0.2, 0.25) is 4.34 Å². The Labute approximate surface area is 119 Å². The highest BCUT2D eigenvalue weighted by Crippen LogP contribution is 2.36. The van der Waals surface area contributed by atoms with Crippen molar-refractivity contribution in [3.63, 3.8) is 0 Å². The highest BCUT2D eigenvalue weighted by atomic mass is 79.9. The van der Waals surface area contributed by atoms with Crippen molar-refractivity contribution in [1.29, 1.82) is 0 Å². The second-order valence-corrected chi connectivity index (χ2v) is 6.89. The predicted octanol–water partition coefficient (Wildman–Crippen LogP) is 4.55. The highest BCUT2D eigenvalue weighted by molar-refractivity contribution is 9.10. The summed E-state index contributed by atoms with van der Waals surface area (Å²) in [6.07, 6.45) is 5.12. The molecule has 1 fully saturated rings. The van der Waals surface area contributed by atoms with Crippen LogP contribution in [-0.4, -0.2) is 17.8 Å². The average molecular weight is 340 g/mol. The van der Waals surface area contributed by atoms with Gasteiger partial charge in [-0.1, -0.05) is 11.6 Å². The van der Waals surface area contributed by atoms with E-state index >= 15 is 0 Å². The maximum absolute atomic E-state index is 10.1. The summed E-state index contributed by atoms with van der Waals surface area (Å²) in [5.74, 6) is 0. The monoisotopic (exact) mass is 338 g/mol. The molecule has 2 unspecified atom stereocenters. The van der Waals surface area contributed by atoms with E-state index in [4.69, 9.17) is 16.3 Å². The molecule has 1 N–H and O–H groups in total. The fraction of sp³-hybridized carbons (Fsp3) is 0.667. The van der Waals surface area contributed by atoms with Gasteiger partial charge in [0.05, 0.1) is 12.2 Å². The summed E-state index contributed by atoms with van der Waals surface area (Å²) in [4.78, 5) is 0.928. The largest absolute Gasteiger partial charge is 0.388 e. The maximum atomic E-state index is 10.1. The smallest absolute Gasteiger partial charge is 0.107 e. The number of rotatable bonds is 4. The third kappa shape index (κ3) is 3.93. The van der Waals surface area contributed by atoms with Crippen molar-refractivity contribution in [2.45, 2.75) is 44.3 Å². The summed E-state index contributed by atoms with van der Waals surface area (Å²) in [5.41, 5.74) is 0. The predicted molar refractivity (Wildman–Crippen MR) is 74.8 cm³/mol. The molecular formula is C12H16BrClO2S. The molecule has 17 heavy (non-hydrogen) atoms. The van der Waals surface area contributed by atoms with Gasteiger partial charge in [0.25, 0.3) is 0 Å². The Balaban J connectivity index is 1.82. The zero-order valence-corrected chi connectivity index (χ0v) is 12.7. The van der Waals surface area contributed by atoms with Crippen LogP contribution in [-0.2, 0) is 4.74 Å². The molecule has 96 valence electrons. The van der Waals surface area contributed by atoms with Gasteiger partial charge in [-0.2, -0.15) is 0 Å². The van der Waals surface area contributed by atoms with Crippen LogP contribution in [0.15, 0.2) is 10.5 Å². The molecule has 1 aliphatic rings. The van der Waals surface area contributed by atoms with E-state index < -0.39 is 6.10 Å². The molecule has 1 saturated heterocycles. The van der Waals surface area contributed by atoms with Crippen LogP contribution in [0, 0.1) is 0 Å². The first-order chi connectivity index (χ1) is 8.16. The van der Waals surface area contributed by atoms with E-state index in [1.54, 1.807) is 0 Å². The van der Waals surface area contributed by atoms with Gasteiger partial charge in [0.15, 0.2) is 0 Å². The quantitative estimate of drug-likeness (QED) is 0.872. The van der Waals surface area contributed by atoms with Crippen LogP contribution in [0.3, 0.4) is 0 Å². The number of hydrogen-bond acceptors (Lipinski definition) is 3. The lowest BCUT2D eigenvalue weighted by atomic mass is 10.0. The zero-order chi connectivity index (χ0) is 12.3. The summed E-state index contributed by atoms with van der Waals surface area (Å²) in [6.45, 7) is 0.872. The van der Waals surface area contributed by atoms with Crippen LogP contribution in [0.1, 0.15) is 43.1 Å². The fourth-order valence-electron chi connectivity index (χ4n) is 2.05. The molecule has 1 aromatic heterocycles. The zero-order valence-electron chi connectivity index (χ0n) is 9.49. The number of aliphatic hydroxyl groups is 1. The first-order valence-electron chi connectivity index (χ1n) is 5.91. The molecule has 2 heterocycles. The molecule has 0 aliphatic carbocycles. The van der Waals surface area contributed by atoms with Gasteiger partial charge < -0.3 is 9.84 Å². The Morgan fingerprint density at radius 2 is 2.41 bits per heavy atom. The summed E-state index contributed by atoms with van der Waals surface area (Å²) >= 11 is 10.7. The minimum absolute atomic E-state index is 0.331. The van der Waals surface area contributed by atoms with E-state index in [2.05, 4.69) is 15.9 Å². The van der Waals surface area contributed by atoms with Crippen LogP contribution in [0.5, 0.6) is 0 Å². The highest BCUT2D eigenvalue weighted by Gasteiger charge is 2.18. The molecule has 0 amide bonds. The minimum atomic E-state index is -0.422. The topological polar surface area (TPSA) is 29.5 Å². The number of halogens is 2. The van der Waals surface area contributed by atoms with Crippen LogP contribution in [0.4, 0.5) is 0 Å². The van der Waals surface area contributed by atoms with Gasteiger partial charge in [-0.15, -0.1) is 11.3 Å². The number of hydrogen-bond donors (Lipinski definition) is 1. The van der Waals surface area contributed by atoms with Gasteiger partial charge in [-0.25, -0.2) is 0 Å². The summed E-state index contributed by atoms with van der Waals surface area (Å²) in [6, 6.07) is 1.90. The Bertz CT molecular complexity index is 344. The molecule has 0 bridgehead atoms. The third-order valence-electron chi connectivity index (χ3n) is 3.03. The number of aliphatic hydroxyl groups excluding tert-OH is 1. The first-order valence-corrected chi connectivity index (χ1v) is 7.90. The lowest BCUT2D eigenvalue weighted by molar-refractivity contribution is 0.00236. The van der Waals surface area contributed by atoms with Crippen molar-refractivity contribution in [3.8, 4) is 0 Å². The summed E-state index contributed by atoms with van der Waals surface area (Å²) in [5, 5.41) is 10.1. The third-order valence-corrected chi connectivity index (χ3v) is 5.60. The Morgan fingerprint density at radius 1 is 1.59 bits per heavy atom. The molecule has 2 nitrogen and oxygen atoms in total. The molecule has 0 aromatic carbocycles. The molecule has 1 aromatic rings. The van der Waals surface area contributed by atoms with Gasteiger partial charge in [-0.3, -0.25) is 0 Å². The van der Waals surface area contributed by atoms with Crippen LogP contribution in [0.25, 0.3) is 0 Å². The van der Waals surface area contributed by atoms with Gasteiger partial charge in [0, 0.05) is 16.0 Å². The molecule has 1 aliphatic heterocycles. The Hall–Kier alpha value is 0.390. The van der Waals surface area contributed by atoms with Crippen molar-refractivity contribution in [2.24, 2.45) is 0 Å². The van der Waals surface area contributed by atoms with Gasteiger partial charge >= 0.3 is 0 Å². The van der Waals surface area contributed by atoms with Gasteiger partial charge in [0.1, 0.15) is 4.34 Å². The fourth-order valence-corrected chi connectivity index (χ4v) is 3.81. The van der Waals surface area contributed by atoms with Crippen LogP contribution < -0.4 is 0 Å². The normalized spacial score (nSPS) is 22.6. The van der Waals surface area contributed by atoms with Gasteiger partial charge in [-0.05, 0) is 54.1 Å². The van der Waals surface area contributed by atoms with Crippen LogP contribution >= 0.6 is 38.9 Å². The Morgan fingerprint density at radius 3 is 3.00 bits per heavy atom. The van der Waals surface area contributed by atoms with Crippen molar-refractivity contribution in [3.05, 3.63) is 19.8 Å². The van der Waals surface area contributed by atoms with Crippen molar-refractivity contribution in [2.75, 3.05) is 6.61 Å². The lowest BCUT2D eigenvalue weighted by Crippen LogP contribution is -2.19. The molecule has 0 saturated carbocycles. The van der Waals surface area contributed by atoms with E-state index in [0.29, 0.717) is 10.4 Å². The summed E-state index contributed by atoms with van der Waals surface area (Å²) < 4.78 is 7.22. The lowest BCUT2D eigenvalue weighted by Gasteiger charge is -2.23. The molecule has 2 rings (SSSR count). The SMILES string of the molecule is OC(CCC1CCCCO1)c1cc(Br)c(Cl)s1. The number of ether oxygens (including phenoxy) is 1. The van der Waals surface area contributed by atoms with Gasteiger partial charge in [0.2, 0.25) is 0 Å². The van der Waals surface area contributed by atoms with E-state index in [9.17, 15) is 5.11 Å². The molecule has 2 atom stereocenters. The molecule has 0 radical (unpaired) electrons. The van der Waals surface area contributed by atoms with E-state index in [-0.39, 0.29) is 0 Å². The summed E-state index contributed by atoms with van der Waals surface area (Å²) in [7, 11) is 0. The van der Waals surface area contributed by atoms with Crippen molar-refractivity contribution < 1.29 is 9.84 Å². The molecule has 0 spiro atoms. The van der Waals surface area contributed by atoms with Crippen molar-refractivity contribution >= 4 is 38.9 Å². The second-order valence-electron chi connectivity index (χ2n) is 4.35. The van der Waals surface area contributed by atoms with E-state index in [1.165, 1.54) is 24.2 Å². The van der Waals surface area contributed by atoms with E-state index in [0.717, 1.165) is 35.2 Å². The van der Waals surface area contributed by atoms with E-state index in [1.807, 2.05) is 6.07 Å². The molecule has 5 heteroatoms. The standard InChI is InChI=1S/C12H16BrClO2S/c13-9-7-11(17-12(9)14)10(15)5-4-8-3-1-2-6-16-8/h7-8,10,15H,1-6H2. The minimum Gasteiger partial charge on any atom is -0.388 e. The molecular weight excluding hydrogens is 324 g/mol. The number of thiophene rings is 1. The second kappa shape index (κ2) is 6.53. The maximum Gasteiger partial charge on any atom is 0.107 e. The van der Waals surface area contributed by atoms with Crippen molar-refractivity contribution in [1.82, 2.24) is 0 Å². The first kappa shape index (κ1) is 13.8.